The minimum atomic E-state index is -0.355. The molecule has 0 amide bonds. The van der Waals surface area contributed by atoms with Crippen LogP contribution in [0, 0.1) is 0 Å². The number of benzene rings is 1. The molecular weight excluding hydrogens is 246 g/mol. The van der Waals surface area contributed by atoms with Gasteiger partial charge in [0, 0.05) is 6.54 Å². The number of rotatable bonds is 3. The Morgan fingerprint density at radius 3 is 3.00 bits per heavy atom. The summed E-state index contributed by atoms with van der Waals surface area (Å²) in [5, 5.41) is 16.6. The molecular formula is C13H15N3O3. The summed E-state index contributed by atoms with van der Waals surface area (Å²) in [6, 6.07) is 7.43. The maximum Gasteiger partial charge on any atom is 0.244 e. The number of nitrogens with one attached hydrogen (secondary N) is 1. The Labute approximate surface area is 110 Å². The molecule has 2 unspecified atom stereocenters. The molecule has 0 bridgehead atoms. The van der Waals surface area contributed by atoms with Crippen LogP contribution in [0.25, 0.3) is 11.4 Å². The van der Waals surface area contributed by atoms with Crippen LogP contribution in [0.1, 0.15) is 18.4 Å². The van der Waals surface area contributed by atoms with Crippen LogP contribution >= 0.6 is 0 Å². The Hall–Kier alpha value is -1.92. The summed E-state index contributed by atoms with van der Waals surface area (Å²) in [7, 11) is 1.61. The van der Waals surface area contributed by atoms with Gasteiger partial charge in [0.15, 0.2) is 0 Å². The molecule has 0 saturated carbocycles. The van der Waals surface area contributed by atoms with Gasteiger partial charge in [0.2, 0.25) is 11.7 Å². The Kier molecular flexibility index (Phi) is 3.18. The van der Waals surface area contributed by atoms with Crippen molar-refractivity contribution in [2.24, 2.45) is 0 Å². The van der Waals surface area contributed by atoms with Gasteiger partial charge < -0.3 is 19.7 Å². The standard InChI is InChI=1S/C13H15N3O3/c1-18-11-5-3-2-4-9(11)12-15-13(19-16-12)10-6-8(17)7-14-10/h2-5,8,10,14,17H,6-7H2,1H3. The molecule has 0 aliphatic carbocycles. The molecule has 19 heavy (non-hydrogen) atoms. The molecule has 2 aromatic rings. The number of ether oxygens (including phenoxy) is 1. The average Bonchev–Trinajstić information content (AvgIpc) is 3.07. The topological polar surface area (TPSA) is 80.4 Å². The molecule has 1 aliphatic heterocycles. The first kappa shape index (κ1) is 12.1. The lowest BCUT2D eigenvalue weighted by atomic mass is 10.2. The van der Waals surface area contributed by atoms with E-state index in [9.17, 15) is 5.11 Å². The Balaban J connectivity index is 1.88. The third kappa shape index (κ3) is 2.32. The lowest BCUT2D eigenvalue weighted by Crippen LogP contribution is -2.15. The molecule has 2 atom stereocenters. The van der Waals surface area contributed by atoms with Gasteiger partial charge in [-0.2, -0.15) is 4.98 Å². The summed E-state index contributed by atoms with van der Waals surface area (Å²) in [5.74, 6) is 1.70. The van der Waals surface area contributed by atoms with E-state index in [1.54, 1.807) is 7.11 Å². The monoisotopic (exact) mass is 261 g/mol. The SMILES string of the molecule is COc1ccccc1-c1noc(C2CC(O)CN2)n1. The van der Waals surface area contributed by atoms with E-state index in [2.05, 4.69) is 15.5 Å². The second kappa shape index (κ2) is 4.99. The number of β-amino-alcohol motifs (C(OH)–C–C–N with tert-alkyl or cyclic N) is 1. The van der Waals surface area contributed by atoms with Crippen LogP contribution in [-0.4, -0.2) is 35.0 Å². The smallest absolute Gasteiger partial charge is 0.244 e. The molecule has 0 radical (unpaired) electrons. The summed E-state index contributed by atoms with van der Waals surface area (Å²) < 4.78 is 10.5. The molecule has 1 aromatic carbocycles. The Morgan fingerprint density at radius 1 is 1.42 bits per heavy atom. The van der Waals surface area contributed by atoms with Crippen LogP contribution in [0.15, 0.2) is 28.8 Å². The van der Waals surface area contributed by atoms with Crippen molar-refractivity contribution in [1.29, 1.82) is 0 Å². The van der Waals surface area contributed by atoms with Crippen LogP contribution in [-0.2, 0) is 0 Å². The van der Waals surface area contributed by atoms with Crippen LogP contribution < -0.4 is 10.1 Å². The minimum Gasteiger partial charge on any atom is -0.496 e. The zero-order chi connectivity index (χ0) is 13.2. The van der Waals surface area contributed by atoms with Gasteiger partial charge in [-0.05, 0) is 18.6 Å². The molecule has 3 rings (SSSR count). The number of hydrogen-bond donors (Lipinski definition) is 2. The molecule has 6 heteroatoms. The van der Waals surface area contributed by atoms with Crippen molar-refractivity contribution >= 4 is 0 Å². The van der Waals surface area contributed by atoms with Crippen molar-refractivity contribution in [2.75, 3.05) is 13.7 Å². The third-order valence-electron chi connectivity index (χ3n) is 3.20. The van der Waals surface area contributed by atoms with Gasteiger partial charge in [-0.1, -0.05) is 17.3 Å². The second-order valence-corrected chi connectivity index (χ2v) is 4.51. The molecule has 2 heterocycles. The van der Waals surface area contributed by atoms with Crippen LogP contribution in [0.2, 0.25) is 0 Å². The molecule has 2 N–H and O–H groups in total. The van der Waals surface area contributed by atoms with E-state index in [-0.39, 0.29) is 12.1 Å². The number of methoxy groups -OCH3 is 1. The second-order valence-electron chi connectivity index (χ2n) is 4.51. The first-order valence-electron chi connectivity index (χ1n) is 6.16. The first-order chi connectivity index (χ1) is 9.28. The maximum atomic E-state index is 9.49. The summed E-state index contributed by atoms with van der Waals surface area (Å²) in [5.41, 5.74) is 0.790. The average molecular weight is 261 g/mol. The van der Waals surface area contributed by atoms with E-state index in [1.807, 2.05) is 24.3 Å². The molecule has 0 spiro atoms. The fraction of sp³-hybridized carbons (Fsp3) is 0.385. The van der Waals surface area contributed by atoms with Gasteiger partial charge in [0.25, 0.3) is 0 Å². The molecule has 6 nitrogen and oxygen atoms in total. The Bertz CT molecular complexity index is 570. The van der Waals surface area contributed by atoms with Gasteiger partial charge in [-0.25, -0.2) is 0 Å². The highest BCUT2D eigenvalue weighted by atomic mass is 16.5. The predicted octanol–water partition coefficient (Wildman–Crippen LogP) is 1.14. The summed E-state index contributed by atoms with van der Waals surface area (Å²) in [6.45, 7) is 0.553. The summed E-state index contributed by atoms with van der Waals surface area (Å²) >= 11 is 0. The van der Waals surface area contributed by atoms with Gasteiger partial charge >= 0.3 is 0 Å². The lowest BCUT2D eigenvalue weighted by Gasteiger charge is -2.03. The lowest BCUT2D eigenvalue weighted by molar-refractivity contribution is 0.191. The number of aliphatic hydroxyl groups is 1. The molecule has 100 valence electrons. The van der Waals surface area contributed by atoms with E-state index in [4.69, 9.17) is 9.26 Å². The van der Waals surface area contributed by atoms with E-state index in [1.165, 1.54) is 0 Å². The summed E-state index contributed by atoms with van der Waals surface area (Å²) in [4.78, 5) is 4.37. The normalized spacial score (nSPS) is 22.6. The number of aromatic nitrogens is 2. The predicted molar refractivity (Wildman–Crippen MR) is 67.7 cm³/mol. The summed E-state index contributed by atoms with van der Waals surface area (Å²) in [6.07, 6.45) is 0.236. The molecule has 1 fully saturated rings. The highest BCUT2D eigenvalue weighted by Crippen LogP contribution is 2.29. The van der Waals surface area contributed by atoms with Crippen molar-refractivity contribution < 1.29 is 14.4 Å². The van der Waals surface area contributed by atoms with Gasteiger partial charge in [0.1, 0.15) is 5.75 Å². The van der Waals surface area contributed by atoms with E-state index in [0.29, 0.717) is 30.4 Å². The maximum absolute atomic E-state index is 9.49. The van der Waals surface area contributed by atoms with Crippen LogP contribution in [0.3, 0.4) is 0 Å². The number of para-hydroxylation sites is 1. The number of hydrogen-bond acceptors (Lipinski definition) is 6. The first-order valence-corrected chi connectivity index (χ1v) is 6.16. The highest BCUT2D eigenvalue weighted by Gasteiger charge is 2.28. The highest BCUT2D eigenvalue weighted by molar-refractivity contribution is 5.63. The molecule has 1 saturated heterocycles. The Morgan fingerprint density at radius 2 is 2.26 bits per heavy atom. The van der Waals surface area contributed by atoms with E-state index >= 15 is 0 Å². The van der Waals surface area contributed by atoms with Gasteiger partial charge in [-0.15, -0.1) is 0 Å². The minimum absolute atomic E-state index is 0.0778. The van der Waals surface area contributed by atoms with Crippen molar-refractivity contribution in [3.63, 3.8) is 0 Å². The molecule has 1 aliphatic rings. The van der Waals surface area contributed by atoms with Gasteiger partial charge in [0.05, 0.1) is 24.8 Å². The van der Waals surface area contributed by atoms with Crippen LogP contribution in [0.5, 0.6) is 5.75 Å². The van der Waals surface area contributed by atoms with E-state index in [0.717, 1.165) is 5.56 Å². The largest absolute Gasteiger partial charge is 0.496 e. The molecule has 1 aromatic heterocycles. The number of nitrogens with zero attached hydrogens (tertiary/aromatic N) is 2. The fourth-order valence-corrected chi connectivity index (χ4v) is 2.22. The van der Waals surface area contributed by atoms with E-state index < -0.39 is 0 Å². The fourth-order valence-electron chi connectivity index (χ4n) is 2.22. The quantitative estimate of drug-likeness (QED) is 0.862. The number of aliphatic hydroxyl groups excluding tert-OH is 1. The third-order valence-corrected chi connectivity index (χ3v) is 3.20. The van der Waals surface area contributed by atoms with Crippen molar-refractivity contribution in [3.8, 4) is 17.1 Å². The zero-order valence-electron chi connectivity index (χ0n) is 10.5. The van der Waals surface area contributed by atoms with Crippen molar-refractivity contribution in [2.45, 2.75) is 18.6 Å². The van der Waals surface area contributed by atoms with Crippen molar-refractivity contribution in [1.82, 2.24) is 15.5 Å². The van der Waals surface area contributed by atoms with Gasteiger partial charge in [-0.3, -0.25) is 0 Å². The van der Waals surface area contributed by atoms with Crippen LogP contribution in [0.4, 0.5) is 0 Å². The zero-order valence-corrected chi connectivity index (χ0v) is 10.5. The van der Waals surface area contributed by atoms with Crippen molar-refractivity contribution in [3.05, 3.63) is 30.2 Å².